The molecule has 34 heavy (non-hydrogen) atoms. The van der Waals surface area contributed by atoms with Crippen molar-refractivity contribution in [3.05, 3.63) is 70.8 Å². The number of thiophene rings is 1. The summed E-state index contributed by atoms with van der Waals surface area (Å²) in [7, 11) is 0. The standard InChI is InChI=1S/C25H27N5O3S/c31-23(17-30-21-12-5-4-11-20(21)27-28-30)29(16-19-10-6-14-33-19)24(22-13-7-15-34-22)25(32)26-18-8-2-1-3-9-18/h4-7,10-15,18,24H,1-3,8-9,16-17H2,(H,26,32)/t24-/m1/s1. The normalized spacial score (nSPS) is 15.3. The molecule has 4 aromatic rings. The van der Waals surface area contributed by atoms with Gasteiger partial charge in [0.25, 0.3) is 0 Å². The predicted octanol–water partition coefficient (Wildman–Crippen LogP) is 4.30. The second kappa shape index (κ2) is 10.2. The number of furan rings is 1. The number of para-hydroxylation sites is 1. The Bertz CT molecular complexity index is 1230. The monoisotopic (exact) mass is 477 g/mol. The first-order valence-electron chi connectivity index (χ1n) is 11.6. The van der Waals surface area contributed by atoms with E-state index in [9.17, 15) is 9.59 Å². The maximum absolute atomic E-state index is 13.7. The molecule has 0 aliphatic heterocycles. The number of nitrogens with zero attached hydrogens (tertiary/aromatic N) is 4. The van der Waals surface area contributed by atoms with Crippen molar-refractivity contribution in [2.75, 3.05) is 0 Å². The quantitative estimate of drug-likeness (QED) is 0.408. The van der Waals surface area contributed by atoms with E-state index in [4.69, 9.17) is 4.42 Å². The van der Waals surface area contributed by atoms with E-state index in [1.54, 1.807) is 21.9 Å². The van der Waals surface area contributed by atoms with Gasteiger partial charge in [-0.15, -0.1) is 16.4 Å². The van der Waals surface area contributed by atoms with Crippen LogP contribution in [0, 0.1) is 0 Å². The van der Waals surface area contributed by atoms with Gasteiger partial charge in [0, 0.05) is 10.9 Å². The Kier molecular flexibility index (Phi) is 6.71. The van der Waals surface area contributed by atoms with Gasteiger partial charge in [-0.2, -0.15) is 0 Å². The molecule has 1 saturated carbocycles. The van der Waals surface area contributed by atoms with Crippen LogP contribution in [0.5, 0.6) is 0 Å². The summed E-state index contributed by atoms with van der Waals surface area (Å²) >= 11 is 1.47. The highest BCUT2D eigenvalue weighted by Crippen LogP contribution is 2.29. The van der Waals surface area contributed by atoms with E-state index in [0.717, 1.165) is 41.6 Å². The fourth-order valence-corrected chi connectivity index (χ4v) is 5.38. The minimum absolute atomic E-state index is 0.0280. The lowest BCUT2D eigenvalue weighted by Crippen LogP contribution is -2.47. The Balaban J connectivity index is 1.46. The first kappa shape index (κ1) is 22.3. The molecule has 2 amide bonds. The van der Waals surface area contributed by atoms with Gasteiger partial charge in [-0.3, -0.25) is 9.59 Å². The summed E-state index contributed by atoms with van der Waals surface area (Å²) < 4.78 is 7.14. The van der Waals surface area contributed by atoms with Gasteiger partial charge in [-0.05, 0) is 48.6 Å². The maximum atomic E-state index is 13.7. The highest BCUT2D eigenvalue weighted by molar-refractivity contribution is 7.10. The summed E-state index contributed by atoms with van der Waals surface area (Å²) in [5.41, 5.74) is 1.49. The fraction of sp³-hybridized carbons (Fsp3) is 0.360. The molecular formula is C25H27N5O3S. The van der Waals surface area contributed by atoms with Crippen LogP contribution in [0.1, 0.15) is 48.8 Å². The van der Waals surface area contributed by atoms with Crippen molar-refractivity contribution < 1.29 is 14.0 Å². The van der Waals surface area contributed by atoms with Crippen molar-refractivity contribution in [3.8, 4) is 0 Å². The van der Waals surface area contributed by atoms with Gasteiger partial charge in [0.2, 0.25) is 11.8 Å². The first-order chi connectivity index (χ1) is 16.7. The molecule has 176 valence electrons. The lowest BCUT2D eigenvalue weighted by Gasteiger charge is -2.32. The van der Waals surface area contributed by atoms with Crippen LogP contribution in [0.3, 0.4) is 0 Å². The van der Waals surface area contributed by atoms with E-state index in [-0.39, 0.29) is 30.9 Å². The molecular weight excluding hydrogens is 450 g/mol. The number of carbonyl (C=O) groups excluding carboxylic acids is 2. The van der Waals surface area contributed by atoms with Crippen LogP contribution < -0.4 is 5.32 Å². The van der Waals surface area contributed by atoms with E-state index in [1.165, 1.54) is 17.8 Å². The molecule has 1 aromatic carbocycles. The largest absolute Gasteiger partial charge is 0.467 e. The molecule has 5 rings (SSSR count). The minimum atomic E-state index is -0.755. The second-order valence-electron chi connectivity index (χ2n) is 8.60. The highest BCUT2D eigenvalue weighted by Gasteiger charge is 2.34. The Labute approximate surface area is 201 Å². The van der Waals surface area contributed by atoms with Crippen LogP contribution in [0.4, 0.5) is 0 Å². The molecule has 3 aromatic heterocycles. The molecule has 0 spiro atoms. The van der Waals surface area contributed by atoms with E-state index in [1.807, 2.05) is 47.8 Å². The third kappa shape index (κ3) is 4.89. The summed E-state index contributed by atoms with van der Waals surface area (Å²) in [6, 6.07) is 14.3. The number of amides is 2. The van der Waals surface area contributed by atoms with E-state index >= 15 is 0 Å². The lowest BCUT2D eigenvalue weighted by atomic mass is 9.95. The van der Waals surface area contributed by atoms with Gasteiger partial charge < -0.3 is 14.6 Å². The van der Waals surface area contributed by atoms with E-state index < -0.39 is 6.04 Å². The molecule has 1 fully saturated rings. The van der Waals surface area contributed by atoms with E-state index in [2.05, 4.69) is 15.6 Å². The summed E-state index contributed by atoms with van der Waals surface area (Å²) in [6.45, 7) is 0.152. The van der Waals surface area contributed by atoms with Gasteiger partial charge in [0.1, 0.15) is 23.9 Å². The van der Waals surface area contributed by atoms with Crippen molar-refractivity contribution in [3.63, 3.8) is 0 Å². The van der Waals surface area contributed by atoms with Crippen LogP contribution in [-0.4, -0.2) is 37.7 Å². The van der Waals surface area contributed by atoms with Crippen molar-refractivity contribution in [1.29, 1.82) is 0 Å². The van der Waals surface area contributed by atoms with Crippen molar-refractivity contribution in [2.45, 2.75) is 57.3 Å². The van der Waals surface area contributed by atoms with Gasteiger partial charge in [-0.25, -0.2) is 4.68 Å². The zero-order chi connectivity index (χ0) is 23.3. The Morgan fingerprint density at radius 3 is 2.74 bits per heavy atom. The Morgan fingerprint density at radius 2 is 1.97 bits per heavy atom. The Morgan fingerprint density at radius 1 is 1.12 bits per heavy atom. The lowest BCUT2D eigenvalue weighted by molar-refractivity contribution is -0.142. The number of benzene rings is 1. The zero-order valence-corrected chi connectivity index (χ0v) is 19.6. The van der Waals surface area contributed by atoms with Crippen LogP contribution in [0.25, 0.3) is 11.0 Å². The molecule has 1 N–H and O–H groups in total. The average Bonchev–Trinajstić information content (AvgIpc) is 3.63. The number of carbonyl (C=O) groups is 2. The topological polar surface area (TPSA) is 93.3 Å². The predicted molar refractivity (Wildman–Crippen MR) is 129 cm³/mol. The van der Waals surface area contributed by atoms with Crippen LogP contribution >= 0.6 is 11.3 Å². The number of hydrogen-bond acceptors (Lipinski definition) is 6. The summed E-state index contributed by atoms with van der Waals surface area (Å²) in [5, 5.41) is 13.5. The molecule has 0 saturated heterocycles. The number of fused-ring (bicyclic) bond motifs is 1. The molecule has 8 nitrogen and oxygen atoms in total. The SMILES string of the molecule is O=C(NC1CCCCC1)[C@@H](c1cccs1)N(Cc1ccco1)C(=O)Cn1nnc2ccccc21. The molecule has 1 atom stereocenters. The van der Waals surface area contributed by atoms with Crippen molar-refractivity contribution >= 4 is 34.2 Å². The summed E-state index contributed by atoms with van der Waals surface area (Å²) in [4.78, 5) is 29.8. The van der Waals surface area contributed by atoms with Gasteiger partial charge in [0.05, 0.1) is 18.3 Å². The molecule has 0 radical (unpaired) electrons. The summed E-state index contributed by atoms with van der Waals surface area (Å²) in [6.07, 6.45) is 6.95. The van der Waals surface area contributed by atoms with Crippen LogP contribution in [-0.2, 0) is 22.7 Å². The number of rotatable bonds is 8. The van der Waals surface area contributed by atoms with Gasteiger partial charge in [0.15, 0.2) is 0 Å². The average molecular weight is 478 g/mol. The van der Waals surface area contributed by atoms with Crippen molar-refractivity contribution in [1.82, 2.24) is 25.2 Å². The molecule has 1 aliphatic rings. The highest BCUT2D eigenvalue weighted by atomic mass is 32.1. The smallest absolute Gasteiger partial charge is 0.248 e. The molecule has 0 bridgehead atoms. The maximum Gasteiger partial charge on any atom is 0.248 e. The fourth-order valence-electron chi connectivity index (χ4n) is 4.55. The number of aromatic nitrogens is 3. The molecule has 9 heteroatoms. The third-order valence-corrected chi connectivity index (χ3v) is 7.18. The Hall–Kier alpha value is -3.46. The molecule has 1 aliphatic carbocycles. The number of nitrogens with one attached hydrogen (secondary N) is 1. The number of hydrogen-bond donors (Lipinski definition) is 1. The zero-order valence-electron chi connectivity index (χ0n) is 18.8. The minimum Gasteiger partial charge on any atom is -0.467 e. The first-order valence-corrected chi connectivity index (χ1v) is 12.5. The summed E-state index contributed by atoms with van der Waals surface area (Å²) in [5.74, 6) is 0.228. The third-order valence-electron chi connectivity index (χ3n) is 6.26. The molecule has 0 unspecified atom stereocenters. The van der Waals surface area contributed by atoms with Gasteiger partial charge >= 0.3 is 0 Å². The second-order valence-corrected chi connectivity index (χ2v) is 9.58. The van der Waals surface area contributed by atoms with Crippen molar-refractivity contribution in [2.24, 2.45) is 0 Å². The molecule has 3 heterocycles. The van der Waals surface area contributed by atoms with Crippen LogP contribution in [0.15, 0.2) is 64.6 Å². The van der Waals surface area contributed by atoms with E-state index in [0.29, 0.717) is 5.76 Å². The van der Waals surface area contributed by atoms with Gasteiger partial charge in [-0.1, -0.05) is 42.7 Å². The van der Waals surface area contributed by atoms with Crippen LogP contribution in [0.2, 0.25) is 0 Å².